The molecule has 0 aromatic carbocycles. The smallest absolute Gasteiger partial charge is 0.303 e. The normalized spacial score (nSPS) is 35.6. The number of hydrogen-bond acceptors (Lipinski definition) is 5. The van der Waals surface area contributed by atoms with Crippen LogP contribution >= 0.6 is 0 Å². The van der Waals surface area contributed by atoms with Crippen LogP contribution in [0.4, 0.5) is 24.9 Å². The molecule has 146 valence electrons. The highest BCUT2D eigenvalue weighted by Gasteiger charge is 2.57. The number of fused-ring (bicyclic) bond motifs is 2. The van der Waals surface area contributed by atoms with Crippen LogP contribution in [0.15, 0.2) is 0 Å². The SMILES string of the molecule is CC1C(F)CN1c1nc(N2C[C@@H]3C(CC(=O)O)[C@@H]3C2)c2c(n1)C(F)(F)CC2. The summed E-state index contributed by atoms with van der Waals surface area (Å²) in [5.41, 5.74) is 0.268. The van der Waals surface area contributed by atoms with Crippen LogP contribution in [0.2, 0.25) is 0 Å². The molecule has 5 rings (SSSR count). The zero-order valence-electron chi connectivity index (χ0n) is 14.9. The van der Waals surface area contributed by atoms with Crippen LogP contribution in [0.1, 0.15) is 31.0 Å². The Labute approximate surface area is 154 Å². The van der Waals surface area contributed by atoms with Gasteiger partial charge in [-0.25, -0.2) is 9.37 Å². The molecule has 3 fully saturated rings. The third kappa shape index (κ3) is 2.50. The summed E-state index contributed by atoms with van der Waals surface area (Å²) in [6, 6.07) is -0.419. The van der Waals surface area contributed by atoms with Gasteiger partial charge in [0.2, 0.25) is 5.95 Å². The monoisotopic (exact) mass is 382 g/mol. The second-order valence-electron chi connectivity index (χ2n) is 8.28. The van der Waals surface area contributed by atoms with Gasteiger partial charge in [0, 0.05) is 31.5 Å². The molecule has 1 N–H and O–H groups in total. The highest BCUT2D eigenvalue weighted by atomic mass is 19.3. The van der Waals surface area contributed by atoms with Crippen molar-refractivity contribution < 1.29 is 23.1 Å². The number of hydrogen-bond donors (Lipinski definition) is 1. The Kier molecular flexibility index (Phi) is 3.46. The lowest BCUT2D eigenvalue weighted by atomic mass is 10.0. The number of alkyl halides is 3. The lowest BCUT2D eigenvalue weighted by molar-refractivity contribution is -0.137. The maximum absolute atomic E-state index is 14.4. The van der Waals surface area contributed by atoms with Crippen LogP contribution in [0.5, 0.6) is 0 Å². The number of carboxylic acid groups (broad SMARTS) is 1. The molecule has 3 heterocycles. The molecular weight excluding hydrogens is 361 g/mol. The van der Waals surface area contributed by atoms with Crippen molar-refractivity contribution in [3.8, 4) is 0 Å². The second-order valence-corrected chi connectivity index (χ2v) is 8.28. The Morgan fingerprint density at radius 1 is 1.26 bits per heavy atom. The molecule has 0 radical (unpaired) electrons. The van der Waals surface area contributed by atoms with Crippen molar-refractivity contribution in [1.29, 1.82) is 0 Å². The van der Waals surface area contributed by atoms with E-state index in [0.717, 1.165) is 0 Å². The maximum atomic E-state index is 14.4. The predicted octanol–water partition coefficient (Wildman–Crippen LogP) is 2.22. The molecule has 1 saturated carbocycles. The summed E-state index contributed by atoms with van der Waals surface area (Å²) in [7, 11) is 0. The Balaban J connectivity index is 1.45. The number of aromatic nitrogens is 2. The molecule has 6 nitrogen and oxygen atoms in total. The molecule has 1 aromatic rings. The van der Waals surface area contributed by atoms with Crippen LogP contribution in [0.3, 0.4) is 0 Å². The van der Waals surface area contributed by atoms with Gasteiger partial charge in [0.05, 0.1) is 12.6 Å². The van der Waals surface area contributed by atoms with Crippen LogP contribution in [-0.2, 0) is 17.1 Å². The van der Waals surface area contributed by atoms with E-state index in [1.807, 2.05) is 4.90 Å². The van der Waals surface area contributed by atoms with E-state index in [9.17, 15) is 18.0 Å². The Morgan fingerprint density at radius 2 is 1.96 bits per heavy atom. The largest absolute Gasteiger partial charge is 0.481 e. The average Bonchev–Trinajstić information content (AvgIpc) is 2.96. The zero-order valence-corrected chi connectivity index (χ0v) is 14.9. The fourth-order valence-electron chi connectivity index (χ4n) is 4.94. The van der Waals surface area contributed by atoms with Gasteiger partial charge in [-0.05, 0) is 31.1 Å². The Morgan fingerprint density at radius 3 is 2.56 bits per heavy atom. The first-order valence-electron chi connectivity index (χ1n) is 9.43. The molecule has 2 aliphatic heterocycles. The molecule has 0 spiro atoms. The van der Waals surface area contributed by atoms with Gasteiger partial charge in [-0.2, -0.15) is 13.8 Å². The molecule has 4 aliphatic rings. The summed E-state index contributed by atoms with van der Waals surface area (Å²) in [5, 5.41) is 8.97. The van der Waals surface area contributed by atoms with Crippen molar-refractivity contribution in [3.63, 3.8) is 0 Å². The minimum atomic E-state index is -2.99. The first kappa shape index (κ1) is 17.1. The maximum Gasteiger partial charge on any atom is 0.303 e. The van der Waals surface area contributed by atoms with Gasteiger partial charge in [-0.3, -0.25) is 4.79 Å². The van der Waals surface area contributed by atoms with Gasteiger partial charge in [0.1, 0.15) is 17.7 Å². The molecule has 9 heteroatoms. The summed E-state index contributed by atoms with van der Waals surface area (Å²) in [6.45, 7) is 3.09. The van der Waals surface area contributed by atoms with Gasteiger partial charge in [-0.1, -0.05) is 0 Å². The van der Waals surface area contributed by atoms with Gasteiger partial charge < -0.3 is 14.9 Å². The van der Waals surface area contributed by atoms with Crippen LogP contribution in [0.25, 0.3) is 0 Å². The minimum absolute atomic E-state index is 0.122. The first-order valence-corrected chi connectivity index (χ1v) is 9.43. The Bertz CT molecular complexity index is 808. The molecule has 27 heavy (non-hydrogen) atoms. The molecule has 3 unspecified atom stereocenters. The number of aliphatic carboxylic acids is 1. The van der Waals surface area contributed by atoms with E-state index >= 15 is 0 Å². The summed E-state index contributed by atoms with van der Waals surface area (Å²) in [5.74, 6) is -2.32. The van der Waals surface area contributed by atoms with Gasteiger partial charge in [-0.15, -0.1) is 0 Å². The van der Waals surface area contributed by atoms with Crippen molar-refractivity contribution >= 4 is 17.7 Å². The molecule has 5 atom stereocenters. The molecule has 0 amide bonds. The average molecular weight is 382 g/mol. The van der Waals surface area contributed by atoms with E-state index in [1.54, 1.807) is 11.8 Å². The van der Waals surface area contributed by atoms with E-state index in [2.05, 4.69) is 9.97 Å². The predicted molar refractivity (Wildman–Crippen MR) is 90.9 cm³/mol. The quantitative estimate of drug-likeness (QED) is 0.861. The van der Waals surface area contributed by atoms with Crippen LogP contribution in [0, 0.1) is 17.8 Å². The molecule has 1 aromatic heterocycles. The Hall–Kier alpha value is -2.06. The first-order chi connectivity index (χ1) is 12.8. The number of rotatable bonds is 4. The highest BCUT2D eigenvalue weighted by Crippen LogP contribution is 2.55. The molecule has 0 bridgehead atoms. The standard InChI is InChI=1S/C18H21F3N4O2/c1-8-13(19)7-25(8)17-22-15-9(2-3-18(15,20)21)16(23-17)24-5-11-10(4-14(26)27)12(11)6-24/h8,10-13H,2-7H2,1H3,(H,26,27)/t8?,10?,11-,12+,13?. The van der Waals surface area contributed by atoms with Crippen molar-refractivity contribution in [1.82, 2.24) is 9.97 Å². The van der Waals surface area contributed by atoms with Crippen LogP contribution in [-0.4, -0.2) is 52.9 Å². The van der Waals surface area contributed by atoms with E-state index in [4.69, 9.17) is 5.11 Å². The van der Waals surface area contributed by atoms with Crippen molar-refractivity contribution in [2.45, 2.75) is 44.3 Å². The van der Waals surface area contributed by atoms with E-state index < -0.39 is 24.1 Å². The second kappa shape index (κ2) is 5.48. The minimum Gasteiger partial charge on any atom is -0.481 e. The lowest BCUT2D eigenvalue weighted by Crippen LogP contribution is -2.57. The summed E-state index contributed by atoms with van der Waals surface area (Å²) in [4.78, 5) is 23.2. The van der Waals surface area contributed by atoms with Gasteiger partial charge >= 0.3 is 5.97 Å². The molecule has 2 saturated heterocycles. The van der Waals surface area contributed by atoms with E-state index in [1.165, 1.54) is 0 Å². The fourth-order valence-corrected chi connectivity index (χ4v) is 4.94. The number of carboxylic acids is 1. The molecular formula is C18H21F3N4O2. The summed E-state index contributed by atoms with van der Waals surface area (Å²) >= 11 is 0. The topological polar surface area (TPSA) is 69.6 Å². The van der Waals surface area contributed by atoms with E-state index in [0.29, 0.717) is 24.5 Å². The fraction of sp³-hybridized carbons (Fsp3) is 0.722. The highest BCUT2D eigenvalue weighted by molar-refractivity contribution is 5.68. The van der Waals surface area contributed by atoms with Gasteiger partial charge in [0.25, 0.3) is 5.92 Å². The number of halogens is 3. The number of nitrogens with zero attached hydrogens (tertiary/aromatic N) is 4. The number of carbonyl (C=O) groups is 1. The van der Waals surface area contributed by atoms with Crippen molar-refractivity contribution in [3.05, 3.63) is 11.3 Å². The summed E-state index contributed by atoms with van der Waals surface area (Å²) in [6.07, 6.45) is -0.889. The third-order valence-corrected chi connectivity index (χ3v) is 6.73. The van der Waals surface area contributed by atoms with Crippen molar-refractivity contribution in [2.24, 2.45) is 17.8 Å². The number of anilines is 2. The third-order valence-electron chi connectivity index (χ3n) is 6.73. The molecule has 2 aliphatic carbocycles. The van der Waals surface area contributed by atoms with E-state index in [-0.39, 0.29) is 55.2 Å². The lowest BCUT2D eigenvalue weighted by Gasteiger charge is -2.42. The zero-order chi connectivity index (χ0) is 19.1. The van der Waals surface area contributed by atoms with Crippen LogP contribution < -0.4 is 9.80 Å². The van der Waals surface area contributed by atoms with Gasteiger partial charge in [0.15, 0.2) is 0 Å². The van der Waals surface area contributed by atoms with Crippen molar-refractivity contribution in [2.75, 3.05) is 29.4 Å². The number of piperidine rings is 1. The summed E-state index contributed by atoms with van der Waals surface area (Å²) < 4.78 is 42.3.